The molecule has 2 aliphatic carbocycles. The molecule has 2 heteroatoms. The normalized spacial score (nSPS) is 27.7. The second-order valence-electron chi connectivity index (χ2n) is 9.67. The van der Waals surface area contributed by atoms with E-state index in [0.29, 0.717) is 24.7 Å². The molecule has 29 heavy (non-hydrogen) atoms. The Kier molecular flexibility index (Phi) is 8.51. The molecule has 0 amide bonds. The molecule has 1 aromatic carbocycles. The molecule has 0 radical (unpaired) electrons. The topological polar surface area (TPSA) is 34.1 Å². The van der Waals surface area contributed by atoms with E-state index in [0.717, 1.165) is 30.7 Å². The molecule has 2 unspecified atom stereocenters. The molecule has 2 nitrogen and oxygen atoms in total. The minimum absolute atomic E-state index is 0.130. The standard InChI is InChI=1S/C27H40O2/c1-3-5-6-7-21-8-13-23(14-9-21)24-15-10-22(11-16-24)19-27(29)25-17-12-20(4-2)18-26(25)28/h10-11,15-16,20-21,23,25H,3-9,12-14,17-19H2,1-2H3. The molecule has 0 saturated heterocycles. The van der Waals surface area contributed by atoms with Crippen molar-refractivity contribution >= 4 is 11.6 Å². The Morgan fingerprint density at radius 3 is 2.21 bits per heavy atom. The number of benzene rings is 1. The first kappa shape index (κ1) is 22.2. The summed E-state index contributed by atoms with van der Waals surface area (Å²) >= 11 is 0. The van der Waals surface area contributed by atoms with Gasteiger partial charge in [-0.05, 0) is 67.4 Å². The Hall–Kier alpha value is -1.44. The van der Waals surface area contributed by atoms with Crippen molar-refractivity contribution in [3.05, 3.63) is 35.4 Å². The zero-order valence-corrected chi connectivity index (χ0v) is 18.6. The fraction of sp³-hybridized carbons (Fsp3) is 0.704. The zero-order chi connectivity index (χ0) is 20.6. The van der Waals surface area contributed by atoms with Crippen molar-refractivity contribution < 1.29 is 9.59 Å². The van der Waals surface area contributed by atoms with E-state index in [1.165, 1.54) is 56.9 Å². The highest BCUT2D eigenvalue weighted by molar-refractivity contribution is 6.03. The van der Waals surface area contributed by atoms with E-state index >= 15 is 0 Å². The maximum absolute atomic E-state index is 12.7. The molecule has 0 heterocycles. The van der Waals surface area contributed by atoms with Crippen LogP contribution in [0.25, 0.3) is 0 Å². The number of ketones is 2. The lowest BCUT2D eigenvalue weighted by molar-refractivity contribution is -0.135. The van der Waals surface area contributed by atoms with Gasteiger partial charge in [-0.25, -0.2) is 0 Å². The van der Waals surface area contributed by atoms with Gasteiger partial charge in [-0.15, -0.1) is 0 Å². The number of hydrogen-bond acceptors (Lipinski definition) is 2. The summed E-state index contributed by atoms with van der Waals surface area (Å²) in [5, 5.41) is 0. The molecule has 2 fully saturated rings. The summed E-state index contributed by atoms with van der Waals surface area (Å²) in [6.07, 6.45) is 14.7. The molecule has 1 aromatic rings. The average Bonchev–Trinajstić information content (AvgIpc) is 2.75. The SMILES string of the molecule is CCCCCC1CCC(c2ccc(CC(=O)C3CCC(CC)CC3=O)cc2)CC1. The third-order valence-electron chi connectivity index (χ3n) is 7.60. The fourth-order valence-corrected chi connectivity index (χ4v) is 5.48. The minimum atomic E-state index is -0.347. The lowest BCUT2D eigenvalue weighted by Crippen LogP contribution is -2.31. The van der Waals surface area contributed by atoms with Crippen molar-refractivity contribution in [2.24, 2.45) is 17.8 Å². The highest BCUT2D eigenvalue weighted by atomic mass is 16.1. The fourth-order valence-electron chi connectivity index (χ4n) is 5.48. The van der Waals surface area contributed by atoms with Gasteiger partial charge in [0.1, 0.15) is 11.6 Å². The van der Waals surface area contributed by atoms with Crippen LogP contribution in [0.1, 0.15) is 108 Å². The maximum Gasteiger partial charge on any atom is 0.147 e. The van der Waals surface area contributed by atoms with Crippen LogP contribution in [0.5, 0.6) is 0 Å². The van der Waals surface area contributed by atoms with Crippen LogP contribution in [0.3, 0.4) is 0 Å². The van der Waals surface area contributed by atoms with Gasteiger partial charge in [-0.1, -0.05) is 70.2 Å². The first-order valence-electron chi connectivity index (χ1n) is 12.2. The Morgan fingerprint density at radius 2 is 1.59 bits per heavy atom. The third kappa shape index (κ3) is 6.27. The molecule has 0 aliphatic heterocycles. The van der Waals surface area contributed by atoms with Gasteiger partial charge in [0.05, 0.1) is 5.92 Å². The highest BCUT2D eigenvalue weighted by Crippen LogP contribution is 2.38. The molecule has 0 bridgehead atoms. The van der Waals surface area contributed by atoms with Crippen molar-refractivity contribution in [1.29, 1.82) is 0 Å². The zero-order valence-electron chi connectivity index (χ0n) is 18.6. The number of carbonyl (C=O) groups is 2. The smallest absolute Gasteiger partial charge is 0.147 e. The predicted molar refractivity (Wildman–Crippen MR) is 120 cm³/mol. The molecular weight excluding hydrogens is 356 g/mol. The molecule has 2 atom stereocenters. The van der Waals surface area contributed by atoms with Crippen molar-refractivity contribution in [3.63, 3.8) is 0 Å². The summed E-state index contributed by atoms with van der Waals surface area (Å²) in [6.45, 7) is 4.42. The van der Waals surface area contributed by atoms with Gasteiger partial charge in [0, 0.05) is 12.8 Å². The second-order valence-corrected chi connectivity index (χ2v) is 9.67. The largest absolute Gasteiger partial charge is 0.299 e. The number of rotatable bonds is 9. The minimum Gasteiger partial charge on any atom is -0.299 e. The monoisotopic (exact) mass is 396 g/mol. The van der Waals surface area contributed by atoms with Crippen LogP contribution in [-0.4, -0.2) is 11.6 Å². The van der Waals surface area contributed by atoms with Crippen LogP contribution in [0, 0.1) is 17.8 Å². The van der Waals surface area contributed by atoms with Gasteiger partial charge in [0.25, 0.3) is 0 Å². The molecule has 160 valence electrons. The van der Waals surface area contributed by atoms with E-state index in [4.69, 9.17) is 0 Å². The van der Waals surface area contributed by atoms with Gasteiger partial charge >= 0.3 is 0 Å². The Morgan fingerprint density at radius 1 is 0.897 bits per heavy atom. The van der Waals surface area contributed by atoms with Crippen molar-refractivity contribution in [2.75, 3.05) is 0 Å². The van der Waals surface area contributed by atoms with Crippen LogP contribution in [0.2, 0.25) is 0 Å². The van der Waals surface area contributed by atoms with Crippen LogP contribution in [0.4, 0.5) is 0 Å². The quantitative estimate of drug-likeness (QED) is 0.331. The highest BCUT2D eigenvalue weighted by Gasteiger charge is 2.32. The van der Waals surface area contributed by atoms with E-state index in [1.54, 1.807) is 0 Å². The van der Waals surface area contributed by atoms with Crippen LogP contribution in [-0.2, 0) is 16.0 Å². The second kappa shape index (κ2) is 11.1. The predicted octanol–water partition coefficient (Wildman–Crippen LogP) is 7.05. The average molecular weight is 397 g/mol. The van der Waals surface area contributed by atoms with Gasteiger partial charge in [-0.3, -0.25) is 9.59 Å². The molecule has 0 spiro atoms. The molecule has 2 saturated carbocycles. The number of unbranched alkanes of at least 4 members (excludes halogenated alkanes) is 2. The van der Waals surface area contributed by atoms with E-state index in [9.17, 15) is 9.59 Å². The summed E-state index contributed by atoms with van der Waals surface area (Å²) in [5.41, 5.74) is 2.50. The Labute approximate surface area is 177 Å². The molecule has 3 rings (SSSR count). The van der Waals surface area contributed by atoms with Crippen LogP contribution in [0.15, 0.2) is 24.3 Å². The molecular formula is C27H40O2. The summed E-state index contributed by atoms with van der Waals surface area (Å²) in [7, 11) is 0. The van der Waals surface area contributed by atoms with Crippen molar-refractivity contribution in [1.82, 2.24) is 0 Å². The summed E-state index contributed by atoms with van der Waals surface area (Å²) in [5.74, 6) is 2.08. The van der Waals surface area contributed by atoms with Gasteiger partial charge in [0.15, 0.2) is 0 Å². The number of hydrogen-bond donors (Lipinski definition) is 0. The first-order valence-corrected chi connectivity index (χ1v) is 12.2. The van der Waals surface area contributed by atoms with Gasteiger partial charge in [0.2, 0.25) is 0 Å². The molecule has 0 aromatic heterocycles. The molecule has 2 aliphatic rings. The van der Waals surface area contributed by atoms with Crippen molar-refractivity contribution in [2.45, 2.75) is 103 Å². The number of Topliss-reactive ketones (excluding diaryl/α,β-unsaturated/α-hetero) is 2. The lowest BCUT2D eigenvalue weighted by Gasteiger charge is -2.29. The summed E-state index contributed by atoms with van der Waals surface area (Å²) < 4.78 is 0. The first-order chi connectivity index (χ1) is 14.1. The van der Waals surface area contributed by atoms with Gasteiger partial charge in [-0.2, -0.15) is 0 Å². The van der Waals surface area contributed by atoms with Gasteiger partial charge < -0.3 is 0 Å². The maximum atomic E-state index is 12.7. The van der Waals surface area contributed by atoms with Crippen molar-refractivity contribution in [3.8, 4) is 0 Å². The third-order valence-corrected chi connectivity index (χ3v) is 7.60. The summed E-state index contributed by atoms with van der Waals surface area (Å²) in [6, 6.07) is 8.73. The van der Waals surface area contributed by atoms with Crippen LogP contribution < -0.4 is 0 Å². The molecule has 0 N–H and O–H groups in total. The Balaban J connectivity index is 1.47. The van der Waals surface area contributed by atoms with E-state index in [1.807, 2.05) is 0 Å². The van der Waals surface area contributed by atoms with E-state index < -0.39 is 0 Å². The van der Waals surface area contributed by atoms with E-state index in [-0.39, 0.29) is 17.5 Å². The number of carbonyl (C=O) groups excluding carboxylic acids is 2. The van der Waals surface area contributed by atoms with Crippen LogP contribution >= 0.6 is 0 Å². The summed E-state index contributed by atoms with van der Waals surface area (Å²) in [4.78, 5) is 25.0. The van der Waals surface area contributed by atoms with E-state index in [2.05, 4.69) is 38.1 Å². The Bertz CT molecular complexity index is 652. The lowest BCUT2D eigenvalue weighted by atomic mass is 9.76.